The Labute approximate surface area is 159 Å². The largest absolute Gasteiger partial charge is 0.495 e. The first-order valence-electron chi connectivity index (χ1n) is 8.85. The molecule has 1 heterocycles. The van der Waals surface area contributed by atoms with Gasteiger partial charge < -0.3 is 15.4 Å². The molecule has 0 atom stereocenters. The highest BCUT2D eigenvalue weighted by atomic mass is 16.5. The SMILES string of the molecule is COc1ccccc1Nc1cc(C(=O)Nc2ccccc2C(C)C)ccn1. The number of rotatable bonds is 6. The highest BCUT2D eigenvalue weighted by Gasteiger charge is 2.12. The van der Waals surface area contributed by atoms with Crippen molar-refractivity contribution in [3.63, 3.8) is 0 Å². The summed E-state index contributed by atoms with van der Waals surface area (Å²) in [4.78, 5) is 17.0. The maximum Gasteiger partial charge on any atom is 0.255 e. The van der Waals surface area contributed by atoms with Crippen molar-refractivity contribution in [3.8, 4) is 5.75 Å². The van der Waals surface area contributed by atoms with Gasteiger partial charge in [-0.15, -0.1) is 0 Å². The van der Waals surface area contributed by atoms with Gasteiger partial charge in [0.2, 0.25) is 0 Å². The van der Waals surface area contributed by atoms with Crippen LogP contribution in [0.4, 0.5) is 17.2 Å². The van der Waals surface area contributed by atoms with Crippen molar-refractivity contribution < 1.29 is 9.53 Å². The summed E-state index contributed by atoms with van der Waals surface area (Å²) in [6, 6.07) is 18.8. The summed E-state index contributed by atoms with van der Waals surface area (Å²) in [5, 5.41) is 6.20. The van der Waals surface area contributed by atoms with Gasteiger partial charge >= 0.3 is 0 Å². The standard InChI is InChI=1S/C22H23N3O2/c1-15(2)17-8-4-5-9-18(17)25-22(26)16-12-13-23-21(14-16)24-19-10-6-7-11-20(19)27-3/h4-15H,1-3H3,(H,23,24)(H,25,26). The maximum absolute atomic E-state index is 12.7. The first-order valence-corrected chi connectivity index (χ1v) is 8.85. The average Bonchev–Trinajstić information content (AvgIpc) is 2.69. The van der Waals surface area contributed by atoms with E-state index in [1.54, 1.807) is 25.4 Å². The average molecular weight is 361 g/mol. The zero-order valence-corrected chi connectivity index (χ0v) is 15.7. The molecule has 2 aromatic carbocycles. The number of para-hydroxylation sites is 3. The van der Waals surface area contributed by atoms with Crippen molar-refractivity contribution in [3.05, 3.63) is 78.0 Å². The molecule has 1 amide bonds. The van der Waals surface area contributed by atoms with E-state index in [4.69, 9.17) is 4.74 Å². The molecule has 0 bridgehead atoms. The molecule has 3 rings (SSSR count). The van der Waals surface area contributed by atoms with Crippen LogP contribution in [0, 0.1) is 0 Å². The molecule has 27 heavy (non-hydrogen) atoms. The van der Waals surface area contributed by atoms with Crippen LogP contribution in [0.5, 0.6) is 5.75 Å². The highest BCUT2D eigenvalue weighted by molar-refractivity contribution is 6.05. The van der Waals surface area contributed by atoms with Gasteiger partial charge in [0.05, 0.1) is 12.8 Å². The van der Waals surface area contributed by atoms with E-state index in [-0.39, 0.29) is 5.91 Å². The summed E-state index contributed by atoms with van der Waals surface area (Å²) in [5.74, 6) is 1.43. The molecule has 5 heteroatoms. The second-order valence-corrected chi connectivity index (χ2v) is 6.45. The highest BCUT2D eigenvalue weighted by Crippen LogP contribution is 2.27. The molecule has 0 unspecified atom stereocenters. The fourth-order valence-corrected chi connectivity index (χ4v) is 2.83. The van der Waals surface area contributed by atoms with E-state index in [0.717, 1.165) is 16.9 Å². The summed E-state index contributed by atoms with van der Waals surface area (Å²) in [7, 11) is 1.62. The van der Waals surface area contributed by atoms with Crippen LogP contribution in [-0.4, -0.2) is 18.0 Å². The molecule has 5 nitrogen and oxygen atoms in total. The molecule has 138 valence electrons. The van der Waals surface area contributed by atoms with Crippen LogP contribution in [-0.2, 0) is 0 Å². The van der Waals surface area contributed by atoms with Crippen LogP contribution in [0.1, 0.15) is 35.7 Å². The molecular formula is C22H23N3O2. The monoisotopic (exact) mass is 361 g/mol. The predicted molar refractivity (Wildman–Crippen MR) is 109 cm³/mol. The zero-order valence-electron chi connectivity index (χ0n) is 15.7. The quantitative estimate of drug-likeness (QED) is 0.633. The molecule has 0 aliphatic carbocycles. The number of benzene rings is 2. The Balaban J connectivity index is 1.80. The van der Waals surface area contributed by atoms with Gasteiger partial charge in [-0.3, -0.25) is 4.79 Å². The normalized spacial score (nSPS) is 10.5. The summed E-state index contributed by atoms with van der Waals surface area (Å²) in [6.07, 6.45) is 1.61. The van der Waals surface area contributed by atoms with E-state index >= 15 is 0 Å². The van der Waals surface area contributed by atoms with Crippen molar-refractivity contribution in [2.24, 2.45) is 0 Å². The molecule has 1 aromatic heterocycles. The van der Waals surface area contributed by atoms with Gasteiger partial charge in [-0.1, -0.05) is 44.2 Å². The van der Waals surface area contributed by atoms with Gasteiger partial charge in [0.25, 0.3) is 5.91 Å². The summed E-state index contributed by atoms with van der Waals surface area (Å²) in [6.45, 7) is 4.21. The second kappa shape index (κ2) is 8.36. The third-order valence-electron chi connectivity index (χ3n) is 4.22. The van der Waals surface area contributed by atoms with E-state index in [2.05, 4.69) is 29.5 Å². The molecule has 2 N–H and O–H groups in total. The lowest BCUT2D eigenvalue weighted by Crippen LogP contribution is -2.14. The predicted octanol–water partition coefficient (Wildman–Crippen LogP) is 5.21. The van der Waals surface area contributed by atoms with Gasteiger partial charge in [0, 0.05) is 17.4 Å². The van der Waals surface area contributed by atoms with Crippen LogP contribution in [0.2, 0.25) is 0 Å². The van der Waals surface area contributed by atoms with Crippen molar-refractivity contribution in [2.45, 2.75) is 19.8 Å². The zero-order chi connectivity index (χ0) is 19.2. The van der Waals surface area contributed by atoms with Gasteiger partial charge in [-0.25, -0.2) is 4.98 Å². The number of carbonyl (C=O) groups excluding carboxylic acids is 1. The van der Waals surface area contributed by atoms with E-state index in [9.17, 15) is 4.79 Å². The molecule has 0 radical (unpaired) electrons. The number of aromatic nitrogens is 1. The molecule has 0 saturated carbocycles. The summed E-state index contributed by atoms with van der Waals surface area (Å²) >= 11 is 0. The van der Waals surface area contributed by atoms with Crippen molar-refractivity contribution >= 4 is 23.1 Å². The Morgan fingerprint density at radius 3 is 2.44 bits per heavy atom. The van der Waals surface area contributed by atoms with Crippen LogP contribution in [0.3, 0.4) is 0 Å². The number of carbonyl (C=O) groups is 1. The van der Waals surface area contributed by atoms with Gasteiger partial charge in [-0.2, -0.15) is 0 Å². The van der Waals surface area contributed by atoms with Crippen molar-refractivity contribution in [1.82, 2.24) is 4.98 Å². The number of ether oxygens (including phenoxy) is 1. The molecule has 0 spiro atoms. The Hall–Kier alpha value is -3.34. The first kappa shape index (κ1) is 18.5. The van der Waals surface area contributed by atoms with Gasteiger partial charge in [0.15, 0.2) is 0 Å². The summed E-state index contributed by atoms with van der Waals surface area (Å²) < 4.78 is 5.34. The maximum atomic E-state index is 12.7. The molecule has 0 aliphatic heterocycles. The van der Waals surface area contributed by atoms with Crippen LogP contribution < -0.4 is 15.4 Å². The Bertz CT molecular complexity index is 938. The second-order valence-electron chi connectivity index (χ2n) is 6.45. The lowest BCUT2D eigenvalue weighted by Gasteiger charge is -2.14. The topological polar surface area (TPSA) is 63.2 Å². The molecule has 0 aliphatic rings. The van der Waals surface area contributed by atoms with E-state index in [1.807, 2.05) is 48.5 Å². The molecule has 0 saturated heterocycles. The third-order valence-corrected chi connectivity index (χ3v) is 4.22. The van der Waals surface area contributed by atoms with E-state index < -0.39 is 0 Å². The third kappa shape index (κ3) is 4.44. The van der Waals surface area contributed by atoms with Crippen LogP contribution in [0.25, 0.3) is 0 Å². The number of hydrogen-bond acceptors (Lipinski definition) is 4. The number of amides is 1. The first-order chi connectivity index (χ1) is 13.1. The Morgan fingerprint density at radius 2 is 1.70 bits per heavy atom. The lowest BCUT2D eigenvalue weighted by molar-refractivity contribution is 0.102. The number of anilines is 3. The minimum atomic E-state index is -0.173. The molecule has 0 fully saturated rings. The lowest BCUT2D eigenvalue weighted by atomic mass is 10.0. The minimum Gasteiger partial charge on any atom is -0.495 e. The van der Waals surface area contributed by atoms with Gasteiger partial charge in [0.1, 0.15) is 11.6 Å². The van der Waals surface area contributed by atoms with Crippen molar-refractivity contribution in [1.29, 1.82) is 0 Å². The number of nitrogens with zero attached hydrogens (tertiary/aromatic N) is 1. The smallest absolute Gasteiger partial charge is 0.255 e. The van der Waals surface area contributed by atoms with Crippen molar-refractivity contribution in [2.75, 3.05) is 17.7 Å². The van der Waals surface area contributed by atoms with Crippen LogP contribution in [0.15, 0.2) is 66.9 Å². The summed E-state index contributed by atoms with van der Waals surface area (Å²) in [5.41, 5.74) is 3.25. The number of methoxy groups -OCH3 is 1. The van der Waals surface area contributed by atoms with E-state index in [0.29, 0.717) is 23.0 Å². The van der Waals surface area contributed by atoms with Gasteiger partial charge in [-0.05, 0) is 41.8 Å². The number of pyridine rings is 1. The van der Waals surface area contributed by atoms with E-state index in [1.165, 1.54) is 0 Å². The Kier molecular flexibility index (Phi) is 5.71. The molecular weight excluding hydrogens is 338 g/mol. The number of hydrogen-bond donors (Lipinski definition) is 2. The molecule has 3 aromatic rings. The minimum absolute atomic E-state index is 0.173. The van der Waals surface area contributed by atoms with Crippen LogP contribution >= 0.6 is 0 Å². The Morgan fingerprint density at radius 1 is 1.00 bits per heavy atom. The fourth-order valence-electron chi connectivity index (χ4n) is 2.83. The number of nitrogens with one attached hydrogen (secondary N) is 2. The fraction of sp³-hybridized carbons (Fsp3) is 0.182.